The van der Waals surface area contributed by atoms with Crippen LogP contribution in [0.4, 0.5) is 10.8 Å². The maximum Gasteiger partial charge on any atom is 0.184 e. The minimum atomic E-state index is -3.40. The molecule has 0 aromatic carbocycles. The molecular formula is C13H23N3O3S2. The summed E-state index contributed by atoms with van der Waals surface area (Å²) in [5.41, 5.74) is 5.07. The fourth-order valence-corrected chi connectivity index (χ4v) is 5.16. The number of morpholine rings is 1. The SMILES string of the molecule is CCS(=O)(=O)c1c(N)nsc1N1CC(C)(C)OC(C)(C)C1. The first-order chi connectivity index (χ1) is 9.47. The van der Waals surface area contributed by atoms with E-state index in [2.05, 4.69) is 4.37 Å². The molecular weight excluding hydrogens is 310 g/mol. The lowest BCUT2D eigenvalue weighted by Crippen LogP contribution is -2.57. The molecule has 1 aromatic heterocycles. The maximum absolute atomic E-state index is 12.3. The van der Waals surface area contributed by atoms with Gasteiger partial charge in [0.25, 0.3) is 0 Å². The maximum atomic E-state index is 12.3. The summed E-state index contributed by atoms with van der Waals surface area (Å²) in [7, 11) is -3.40. The fraction of sp³-hybridized carbons (Fsp3) is 0.769. The zero-order chi connectivity index (χ0) is 16.1. The summed E-state index contributed by atoms with van der Waals surface area (Å²) in [6, 6.07) is 0. The van der Waals surface area contributed by atoms with Crippen molar-refractivity contribution < 1.29 is 13.2 Å². The topological polar surface area (TPSA) is 85.5 Å². The highest BCUT2D eigenvalue weighted by Gasteiger charge is 2.40. The molecule has 0 aliphatic carbocycles. The third-order valence-electron chi connectivity index (χ3n) is 3.33. The van der Waals surface area contributed by atoms with E-state index in [0.717, 1.165) is 11.5 Å². The second-order valence-electron chi connectivity index (χ2n) is 6.58. The quantitative estimate of drug-likeness (QED) is 0.909. The van der Waals surface area contributed by atoms with E-state index in [1.54, 1.807) is 6.92 Å². The Labute approximate surface area is 130 Å². The molecule has 1 aliphatic rings. The zero-order valence-electron chi connectivity index (χ0n) is 13.1. The Morgan fingerprint density at radius 1 is 1.29 bits per heavy atom. The summed E-state index contributed by atoms with van der Waals surface area (Å²) in [6.45, 7) is 10.8. The number of hydrogen-bond donors (Lipinski definition) is 1. The smallest absolute Gasteiger partial charge is 0.184 e. The predicted molar refractivity (Wildman–Crippen MR) is 85.7 cm³/mol. The van der Waals surface area contributed by atoms with Gasteiger partial charge in [0, 0.05) is 13.1 Å². The molecule has 0 atom stereocenters. The molecule has 0 amide bonds. The Balaban J connectivity index is 2.48. The second-order valence-corrected chi connectivity index (χ2v) is 9.55. The van der Waals surface area contributed by atoms with Crippen molar-refractivity contribution in [1.82, 2.24) is 4.37 Å². The molecule has 0 radical (unpaired) electrons. The van der Waals surface area contributed by atoms with Crippen LogP contribution in [0.2, 0.25) is 0 Å². The molecule has 2 rings (SSSR count). The summed E-state index contributed by atoms with van der Waals surface area (Å²) < 4.78 is 34.7. The van der Waals surface area contributed by atoms with Gasteiger partial charge in [-0.1, -0.05) is 6.92 Å². The molecule has 1 aliphatic heterocycles. The minimum absolute atomic E-state index is 0.0136. The Morgan fingerprint density at radius 3 is 2.29 bits per heavy atom. The summed E-state index contributed by atoms with van der Waals surface area (Å²) in [5, 5.41) is 0.624. The number of nitrogens with zero attached hydrogens (tertiary/aromatic N) is 2. The van der Waals surface area contributed by atoms with Crippen LogP contribution in [0, 0.1) is 0 Å². The normalized spacial score (nSPS) is 21.5. The summed E-state index contributed by atoms with van der Waals surface area (Å²) in [6.07, 6.45) is 0. The van der Waals surface area contributed by atoms with E-state index < -0.39 is 9.84 Å². The number of ether oxygens (including phenoxy) is 1. The van der Waals surface area contributed by atoms with Crippen LogP contribution in [0.25, 0.3) is 0 Å². The summed E-state index contributed by atoms with van der Waals surface area (Å²) in [4.78, 5) is 2.20. The van der Waals surface area contributed by atoms with Gasteiger partial charge in [0.15, 0.2) is 15.7 Å². The van der Waals surface area contributed by atoms with Crippen LogP contribution < -0.4 is 10.6 Å². The Kier molecular flexibility index (Phi) is 4.01. The number of aromatic nitrogens is 1. The molecule has 0 saturated carbocycles. The lowest BCUT2D eigenvalue weighted by Gasteiger charge is -2.47. The van der Waals surface area contributed by atoms with Crippen LogP contribution in [0.3, 0.4) is 0 Å². The van der Waals surface area contributed by atoms with Gasteiger partial charge in [-0.2, -0.15) is 4.37 Å². The van der Waals surface area contributed by atoms with Gasteiger partial charge >= 0.3 is 0 Å². The Bertz CT molecular complexity index is 619. The van der Waals surface area contributed by atoms with Crippen molar-refractivity contribution in [3.63, 3.8) is 0 Å². The number of nitrogen functional groups attached to an aromatic ring is 1. The molecule has 21 heavy (non-hydrogen) atoms. The molecule has 0 unspecified atom stereocenters. The molecule has 120 valence electrons. The average molecular weight is 333 g/mol. The van der Waals surface area contributed by atoms with E-state index in [1.807, 2.05) is 32.6 Å². The van der Waals surface area contributed by atoms with E-state index in [1.165, 1.54) is 0 Å². The minimum Gasteiger partial charge on any atom is -0.382 e. The summed E-state index contributed by atoms with van der Waals surface area (Å²) >= 11 is 1.14. The zero-order valence-corrected chi connectivity index (χ0v) is 14.8. The van der Waals surface area contributed by atoms with Crippen LogP contribution in [0.15, 0.2) is 4.90 Å². The van der Waals surface area contributed by atoms with Gasteiger partial charge in [-0.05, 0) is 39.2 Å². The lowest BCUT2D eigenvalue weighted by atomic mass is 9.99. The molecule has 8 heteroatoms. The monoisotopic (exact) mass is 333 g/mol. The first-order valence-corrected chi connectivity index (χ1v) is 9.33. The van der Waals surface area contributed by atoms with Crippen molar-refractivity contribution in [2.45, 2.75) is 50.7 Å². The van der Waals surface area contributed by atoms with Crippen molar-refractivity contribution in [2.24, 2.45) is 0 Å². The molecule has 1 saturated heterocycles. The van der Waals surface area contributed by atoms with Crippen molar-refractivity contribution in [2.75, 3.05) is 29.5 Å². The first-order valence-electron chi connectivity index (χ1n) is 6.90. The molecule has 1 aromatic rings. The van der Waals surface area contributed by atoms with E-state index in [0.29, 0.717) is 18.1 Å². The lowest BCUT2D eigenvalue weighted by molar-refractivity contribution is -0.133. The Morgan fingerprint density at radius 2 is 1.81 bits per heavy atom. The fourth-order valence-electron chi connectivity index (χ4n) is 2.85. The van der Waals surface area contributed by atoms with Gasteiger partial charge in [0.2, 0.25) is 0 Å². The second kappa shape index (κ2) is 5.10. The number of hydrogen-bond acceptors (Lipinski definition) is 7. The highest BCUT2D eigenvalue weighted by atomic mass is 32.2. The third kappa shape index (κ3) is 3.32. The molecule has 0 spiro atoms. The van der Waals surface area contributed by atoms with Crippen molar-refractivity contribution in [1.29, 1.82) is 0 Å². The van der Waals surface area contributed by atoms with Gasteiger partial charge in [-0.15, -0.1) is 0 Å². The molecule has 2 N–H and O–H groups in total. The standard InChI is InChI=1S/C13H23N3O3S2/c1-6-21(17,18)9-10(14)15-20-11(9)16-7-12(2,3)19-13(4,5)8-16/h6-8H2,1-5H3,(H2,14,15). The van der Waals surface area contributed by atoms with Gasteiger partial charge in [-0.25, -0.2) is 8.42 Å². The average Bonchev–Trinajstić information content (AvgIpc) is 2.67. The van der Waals surface area contributed by atoms with Gasteiger partial charge < -0.3 is 15.4 Å². The third-order valence-corrected chi connectivity index (χ3v) is 6.17. The highest BCUT2D eigenvalue weighted by Crippen LogP contribution is 2.39. The van der Waals surface area contributed by atoms with Crippen molar-refractivity contribution in [3.05, 3.63) is 0 Å². The van der Waals surface area contributed by atoms with E-state index in [4.69, 9.17) is 10.5 Å². The van der Waals surface area contributed by atoms with Crippen molar-refractivity contribution in [3.8, 4) is 0 Å². The largest absolute Gasteiger partial charge is 0.382 e. The van der Waals surface area contributed by atoms with Crippen LogP contribution in [-0.4, -0.2) is 42.8 Å². The Hall–Kier alpha value is -0.860. The van der Waals surface area contributed by atoms with E-state index in [-0.39, 0.29) is 27.7 Å². The van der Waals surface area contributed by atoms with Gasteiger partial charge in [0.1, 0.15) is 9.90 Å². The van der Waals surface area contributed by atoms with E-state index in [9.17, 15) is 8.42 Å². The predicted octanol–water partition coefficient (Wildman–Crippen LogP) is 1.91. The molecule has 1 fully saturated rings. The number of rotatable bonds is 3. The van der Waals surface area contributed by atoms with Gasteiger partial charge in [-0.3, -0.25) is 0 Å². The van der Waals surface area contributed by atoms with Crippen LogP contribution in [0.1, 0.15) is 34.6 Å². The molecule has 2 heterocycles. The number of nitrogens with two attached hydrogens (primary N) is 1. The molecule has 6 nitrogen and oxygen atoms in total. The number of sulfone groups is 1. The molecule has 0 bridgehead atoms. The highest BCUT2D eigenvalue weighted by molar-refractivity contribution is 7.91. The van der Waals surface area contributed by atoms with Crippen LogP contribution in [-0.2, 0) is 14.6 Å². The van der Waals surface area contributed by atoms with Gasteiger partial charge in [0.05, 0.1) is 17.0 Å². The van der Waals surface area contributed by atoms with E-state index >= 15 is 0 Å². The van der Waals surface area contributed by atoms with Crippen LogP contribution in [0.5, 0.6) is 0 Å². The first kappa shape index (κ1) is 16.5. The van der Waals surface area contributed by atoms with Crippen molar-refractivity contribution >= 4 is 32.2 Å². The number of anilines is 2. The van der Waals surface area contributed by atoms with Crippen LogP contribution >= 0.6 is 11.5 Å². The summed E-state index contributed by atoms with van der Waals surface area (Å²) in [5.74, 6) is 0.110.